The monoisotopic (exact) mass is 326 g/mol. The largest absolute Gasteiger partial charge is 0.329 e. The first-order valence-electron chi connectivity index (χ1n) is 5.28. The fourth-order valence-electron chi connectivity index (χ4n) is 0.960. The van der Waals surface area contributed by atoms with Crippen molar-refractivity contribution in [3.05, 3.63) is 0 Å². The van der Waals surface area contributed by atoms with Gasteiger partial charge in [-0.3, -0.25) is 0 Å². The summed E-state index contributed by atoms with van der Waals surface area (Å²) >= 11 is 22.2. The number of halogens is 3. The highest BCUT2D eigenvalue weighted by Gasteiger charge is 2.26. The standard InChI is InChI=1S/C9H18Cl3O2PS/c1-3-5-6-13-15(16,7-4-2)14-8-9(10,11)12/h3-8H2,1-2H3. The molecule has 0 bridgehead atoms. The van der Waals surface area contributed by atoms with E-state index in [0.717, 1.165) is 19.3 Å². The Balaban J connectivity index is 4.16. The molecule has 0 heterocycles. The van der Waals surface area contributed by atoms with Crippen LogP contribution in [-0.2, 0) is 20.9 Å². The molecule has 0 aliphatic carbocycles. The smallest absolute Gasteiger partial charge is 0.213 e. The van der Waals surface area contributed by atoms with E-state index in [0.29, 0.717) is 12.8 Å². The first-order chi connectivity index (χ1) is 7.33. The normalized spacial score (nSPS) is 16.1. The zero-order valence-corrected chi connectivity index (χ0v) is 13.5. The van der Waals surface area contributed by atoms with Crippen LogP contribution in [0.25, 0.3) is 0 Å². The highest BCUT2D eigenvalue weighted by atomic mass is 35.6. The molecule has 1 unspecified atom stereocenters. The van der Waals surface area contributed by atoms with E-state index in [1.165, 1.54) is 0 Å². The molecule has 0 radical (unpaired) electrons. The van der Waals surface area contributed by atoms with Gasteiger partial charge in [0.05, 0.1) is 6.61 Å². The lowest BCUT2D eigenvalue weighted by Gasteiger charge is -2.23. The lowest BCUT2D eigenvalue weighted by atomic mass is 10.4. The van der Waals surface area contributed by atoms with E-state index in [1.54, 1.807) is 0 Å². The van der Waals surface area contributed by atoms with Gasteiger partial charge >= 0.3 is 0 Å². The second kappa shape index (κ2) is 8.53. The van der Waals surface area contributed by atoms with Gasteiger partial charge in [-0.2, -0.15) is 0 Å². The molecule has 0 spiro atoms. The molecule has 0 aromatic rings. The van der Waals surface area contributed by atoms with Crippen LogP contribution in [0.15, 0.2) is 0 Å². The highest BCUT2D eigenvalue weighted by Crippen LogP contribution is 2.50. The van der Waals surface area contributed by atoms with Crippen molar-refractivity contribution in [3.63, 3.8) is 0 Å². The summed E-state index contributed by atoms with van der Waals surface area (Å²) in [5.41, 5.74) is 0. The third kappa shape index (κ3) is 9.47. The predicted molar refractivity (Wildman–Crippen MR) is 76.5 cm³/mol. The number of alkyl halides is 3. The summed E-state index contributed by atoms with van der Waals surface area (Å²) in [6, 6.07) is 0. The minimum atomic E-state index is -2.27. The van der Waals surface area contributed by atoms with Gasteiger partial charge in [-0.05, 0) is 24.6 Å². The topological polar surface area (TPSA) is 18.5 Å². The lowest BCUT2D eigenvalue weighted by molar-refractivity contribution is 0.247. The van der Waals surface area contributed by atoms with E-state index >= 15 is 0 Å². The minimum absolute atomic E-state index is 0.0128. The summed E-state index contributed by atoms with van der Waals surface area (Å²) in [6.45, 7) is 2.46. The Labute approximate surface area is 118 Å². The molecular weight excluding hydrogens is 309 g/mol. The van der Waals surface area contributed by atoms with Gasteiger partial charge in [0, 0.05) is 6.16 Å². The Kier molecular flexibility index (Phi) is 9.29. The lowest BCUT2D eigenvalue weighted by Crippen LogP contribution is -2.13. The molecule has 0 saturated heterocycles. The molecule has 1 atom stereocenters. The van der Waals surface area contributed by atoms with E-state index in [2.05, 4.69) is 6.92 Å². The van der Waals surface area contributed by atoms with Crippen molar-refractivity contribution in [2.24, 2.45) is 0 Å². The van der Waals surface area contributed by atoms with Crippen molar-refractivity contribution in [2.45, 2.75) is 36.9 Å². The van der Waals surface area contributed by atoms with Crippen LogP contribution in [0, 0.1) is 0 Å². The Morgan fingerprint density at radius 1 is 1.12 bits per heavy atom. The van der Waals surface area contributed by atoms with Crippen molar-refractivity contribution < 1.29 is 9.05 Å². The molecule has 0 aromatic heterocycles. The Morgan fingerprint density at radius 3 is 2.19 bits per heavy atom. The summed E-state index contributed by atoms with van der Waals surface area (Å²) in [4.78, 5) is 0. The SMILES string of the molecule is CCCCOP(=S)(CCC)OCC(Cl)(Cl)Cl. The summed E-state index contributed by atoms with van der Waals surface area (Å²) < 4.78 is 9.70. The van der Waals surface area contributed by atoms with Gasteiger partial charge in [-0.15, -0.1) is 0 Å². The molecule has 0 aliphatic rings. The molecule has 0 aliphatic heterocycles. The molecule has 0 rings (SSSR count). The van der Waals surface area contributed by atoms with E-state index in [4.69, 9.17) is 55.7 Å². The quantitative estimate of drug-likeness (QED) is 0.358. The summed E-state index contributed by atoms with van der Waals surface area (Å²) in [7, 11) is 0. The van der Waals surface area contributed by atoms with Crippen LogP contribution in [0.1, 0.15) is 33.1 Å². The third-order valence-corrected chi connectivity index (χ3v) is 5.31. The van der Waals surface area contributed by atoms with Crippen molar-refractivity contribution in [2.75, 3.05) is 19.4 Å². The summed E-state index contributed by atoms with van der Waals surface area (Å²) in [5.74, 6) is 0. The van der Waals surface area contributed by atoms with E-state index in [-0.39, 0.29) is 6.61 Å². The number of unbranched alkanes of at least 4 members (excludes halogenated alkanes) is 1. The maximum atomic E-state index is 5.63. The van der Waals surface area contributed by atoms with E-state index < -0.39 is 10.3 Å². The molecule has 2 nitrogen and oxygen atoms in total. The van der Waals surface area contributed by atoms with Crippen LogP contribution >= 0.6 is 41.3 Å². The Morgan fingerprint density at radius 2 is 1.75 bits per heavy atom. The molecule has 0 fully saturated rings. The molecule has 0 aromatic carbocycles. The van der Waals surface area contributed by atoms with Crippen LogP contribution in [0.5, 0.6) is 0 Å². The predicted octanol–water partition coefficient (Wildman–Crippen LogP) is 4.91. The van der Waals surface area contributed by atoms with Crippen molar-refractivity contribution >= 4 is 53.1 Å². The maximum absolute atomic E-state index is 5.63. The fraction of sp³-hybridized carbons (Fsp3) is 1.00. The fourth-order valence-corrected chi connectivity index (χ4v) is 3.96. The van der Waals surface area contributed by atoms with Crippen LogP contribution in [0.3, 0.4) is 0 Å². The molecule has 0 saturated carbocycles. The third-order valence-electron chi connectivity index (χ3n) is 1.71. The average Bonchev–Trinajstić information content (AvgIpc) is 2.15. The molecule has 0 amide bonds. The molecule has 7 heteroatoms. The van der Waals surface area contributed by atoms with Crippen LogP contribution in [-0.4, -0.2) is 23.2 Å². The van der Waals surface area contributed by atoms with E-state index in [1.807, 2.05) is 6.92 Å². The summed E-state index contributed by atoms with van der Waals surface area (Å²) in [5, 5.41) is 0. The van der Waals surface area contributed by atoms with Gasteiger partial charge < -0.3 is 9.05 Å². The first-order valence-corrected chi connectivity index (χ1v) is 9.23. The van der Waals surface area contributed by atoms with Gasteiger partial charge in [0.25, 0.3) is 0 Å². The van der Waals surface area contributed by atoms with Crippen LogP contribution < -0.4 is 0 Å². The van der Waals surface area contributed by atoms with Crippen molar-refractivity contribution in [3.8, 4) is 0 Å². The number of hydrogen-bond acceptors (Lipinski definition) is 3. The van der Waals surface area contributed by atoms with Gasteiger partial charge in [-0.1, -0.05) is 55.1 Å². The summed E-state index contributed by atoms with van der Waals surface area (Å²) in [6.07, 6.45) is 3.65. The van der Waals surface area contributed by atoms with Gasteiger partial charge in [0.2, 0.25) is 3.79 Å². The Bertz CT molecular complexity index is 233. The van der Waals surface area contributed by atoms with E-state index in [9.17, 15) is 0 Å². The molecular formula is C9H18Cl3O2PS. The van der Waals surface area contributed by atoms with Crippen LogP contribution in [0.4, 0.5) is 0 Å². The number of rotatable bonds is 8. The van der Waals surface area contributed by atoms with Crippen molar-refractivity contribution in [1.29, 1.82) is 0 Å². The second-order valence-corrected chi connectivity index (χ2v) is 9.78. The zero-order valence-electron chi connectivity index (χ0n) is 9.55. The van der Waals surface area contributed by atoms with Crippen LogP contribution in [0.2, 0.25) is 0 Å². The average molecular weight is 328 g/mol. The van der Waals surface area contributed by atoms with Gasteiger partial charge in [-0.25, -0.2) is 0 Å². The minimum Gasteiger partial charge on any atom is -0.329 e. The first kappa shape index (κ1) is 17.4. The van der Waals surface area contributed by atoms with Gasteiger partial charge in [0.15, 0.2) is 6.49 Å². The maximum Gasteiger partial charge on any atom is 0.213 e. The second-order valence-electron chi connectivity index (χ2n) is 3.41. The Hall–Kier alpha value is 1.44. The van der Waals surface area contributed by atoms with Crippen molar-refractivity contribution in [1.82, 2.24) is 0 Å². The van der Waals surface area contributed by atoms with Gasteiger partial charge in [0.1, 0.15) is 6.61 Å². The molecule has 16 heavy (non-hydrogen) atoms. The molecule has 0 N–H and O–H groups in total. The molecule has 98 valence electrons. The number of hydrogen-bond donors (Lipinski definition) is 0. The highest BCUT2D eigenvalue weighted by molar-refractivity contribution is 8.09. The zero-order chi connectivity index (χ0) is 12.7.